The number of rotatable bonds is 8. The van der Waals surface area contributed by atoms with Crippen LogP contribution in [0.2, 0.25) is 0 Å². The van der Waals surface area contributed by atoms with Crippen LogP contribution < -0.4 is 4.74 Å². The van der Waals surface area contributed by atoms with Gasteiger partial charge < -0.3 is 9.30 Å². The number of hydrogen-bond donors (Lipinski definition) is 0. The fourth-order valence-corrected chi connectivity index (χ4v) is 7.34. The van der Waals surface area contributed by atoms with Crippen molar-refractivity contribution in [2.75, 3.05) is 0 Å². The molecule has 0 atom stereocenters. The molecule has 0 unspecified atom stereocenters. The molecule has 3 heterocycles. The van der Waals surface area contributed by atoms with Gasteiger partial charge >= 0.3 is 20.4 Å². The van der Waals surface area contributed by atoms with E-state index in [1.54, 1.807) is 0 Å². The first-order chi connectivity index (χ1) is 23.5. The van der Waals surface area contributed by atoms with Gasteiger partial charge in [0.05, 0.1) is 5.69 Å². The van der Waals surface area contributed by atoms with Crippen LogP contribution in [-0.4, -0.2) is 19.3 Å². The molecule has 0 saturated carbocycles. The van der Waals surface area contributed by atoms with Gasteiger partial charge in [0.25, 0.3) is 0 Å². The van der Waals surface area contributed by atoms with Crippen molar-refractivity contribution < 1.29 is 25.2 Å². The van der Waals surface area contributed by atoms with Crippen LogP contribution in [0.5, 0.6) is 11.5 Å². The zero-order chi connectivity index (χ0) is 34.6. The third kappa shape index (κ3) is 6.55. The van der Waals surface area contributed by atoms with Gasteiger partial charge in [-0.1, -0.05) is 69.1 Å². The summed E-state index contributed by atoms with van der Waals surface area (Å²) >= 11 is 0. The van der Waals surface area contributed by atoms with Gasteiger partial charge in [0.1, 0.15) is 5.82 Å². The van der Waals surface area contributed by atoms with Crippen molar-refractivity contribution in [2.24, 2.45) is 5.92 Å². The van der Waals surface area contributed by atoms with Gasteiger partial charge in [0.15, 0.2) is 0 Å². The van der Waals surface area contributed by atoms with E-state index in [0.717, 1.165) is 56.7 Å². The molecule has 0 saturated heterocycles. The molecule has 0 amide bonds. The Morgan fingerprint density at radius 3 is 2.22 bits per heavy atom. The Bertz CT molecular complexity index is 2340. The Labute approximate surface area is 310 Å². The van der Waals surface area contributed by atoms with Crippen LogP contribution in [0.25, 0.3) is 44.4 Å². The Hall–Kier alpha value is -4.50. The predicted molar refractivity (Wildman–Crippen MR) is 202 cm³/mol. The number of aromatic nitrogens is 4. The largest absolute Gasteiger partial charge is 2.00 e. The standard InChI is InChI=1S/C44H44N4O.Pd/c1-26(2)18-33-16-17-45-42(21-33)47-40-13-11-10-12-38(40)39-15-14-36(25-41(39)47)49-37-23-34(27(3)4)22-35(24-37)48-32(9)44(31(8)46-48)43-29(6)19-28(5)20-30(43)7;/h10-17,19-23,26-27H,18H2,1-9H3;/q-2;+2. The summed E-state index contributed by atoms with van der Waals surface area (Å²) < 4.78 is 10.8. The van der Waals surface area contributed by atoms with E-state index in [0.29, 0.717) is 17.4 Å². The molecule has 5 nitrogen and oxygen atoms in total. The Kier molecular flexibility index (Phi) is 9.91. The molecule has 7 rings (SSSR count). The van der Waals surface area contributed by atoms with Crippen molar-refractivity contribution in [1.29, 1.82) is 0 Å². The van der Waals surface area contributed by atoms with Crippen molar-refractivity contribution in [1.82, 2.24) is 19.3 Å². The van der Waals surface area contributed by atoms with Crippen LogP contribution in [0.4, 0.5) is 0 Å². The molecule has 0 bridgehead atoms. The van der Waals surface area contributed by atoms with Crippen LogP contribution >= 0.6 is 0 Å². The fourth-order valence-electron chi connectivity index (χ4n) is 7.34. The summed E-state index contributed by atoms with van der Waals surface area (Å²) in [6.45, 7) is 19.7. The normalized spacial score (nSPS) is 11.6. The van der Waals surface area contributed by atoms with E-state index in [2.05, 4.69) is 146 Å². The first-order valence-corrected chi connectivity index (χ1v) is 17.3. The Balaban J connectivity index is 0.00000432. The molecule has 0 radical (unpaired) electrons. The molecule has 0 aliphatic rings. The summed E-state index contributed by atoms with van der Waals surface area (Å²) in [5, 5.41) is 7.32. The number of hydrogen-bond acceptors (Lipinski definition) is 3. The minimum Gasteiger partial charge on any atom is -0.509 e. The number of para-hydroxylation sites is 1. The molecular formula is C44H44N4OPd. The van der Waals surface area contributed by atoms with Crippen molar-refractivity contribution >= 4 is 21.8 Å². The van der Waals surface area contributed by atoms with E-state index in [9.17, 15) is 0 Å². The average molecular weight is 751 g/mol. The molecule has 3 aromatic heterocycles. The van der Waals surface area contributed by atoms with Crippen LogP contribution in [-0.2, 0) is 26.8 Å². The molecule has 256 valence electrons. The second kappa shape index (κ2) is 14.0. The average Bonchev–Trinajstić information content (AvgIpc) is 3.53. The van der Waals surface area contributed by atoms with Gasteiger partial charge in [-0.2, -0.15) is 11.2 Å². The first-order valence-electron chi connectivity index (χ1n) is 17.3. The van der Waals surface area contributed by atoms with Gasteiger partial charge in [0.2, 0.25) is 0 Å². The van der Waals surface area contributed by atoms with Gasteiger partial charge in [-0.15, -0.1) is 41.3 Å². The quantitative estimate of drug-likeness (QED) is 0.115. The summed E-state index contributed by atoms with van der Waals surface area (Å²) in [5.41, 5.74) is 13.6. The number of nitrogens with zero attached hydrogens (tertiary/aromatic N) is 4. The van der Waals surface area contributed by atoms with E-state index in [1.807, 2.05) is 16.9 Å². The molecule has 0 N–H and O–H groups in total. The topological polar surface area (TPSA) is 44.9 Å². The van der Waals surface area contributed by atoms with Crippen LogP contribution in [0.3, 0.4) is 0 Å². The summed E-state index contributed by atoms with van der Waals surface area (Å²) in [6.07, 6.45) is 2.91. The van der Waals surface area contributed by atoms with E-state index in [-0.39, 0.29) is 26.3 Å². The molecule has 50 heavy (non-hydrogen) atoms. The zero-order valence-electron chi connectivity index (χ0n) is 30.4. The maximum Gasteiger partial charge on any atom is 2.00 e. The van der Waals surface area contributed by atoms with Crippen molar-refractivity contribution in [3.05, 3.63) is 130 Å². The monoisotopic (exact) mass is 750 g/mol. The number of benzene rings is 4. The van der Waals surface area contributed by atoms with Crippen LogP contribution in [0, 0.1) is 52.7 Å². The fraction of sp³-hybridized carbons (Fsp3) is 0.273. The minimum absolute atomic E-state index is 0. The number of pyridine rings is 1. The number of fused-ring (bicyclic) bond motifs is 3. The molecule has 0 aliphatic heterocycles. The van der Waals surface area contributed by atoms with E-state index >= 15 is 0 Å². The first kappa shape index (κ1) is 35.3. The molecule has 0 aliphatic carbocycles. The third-order valence-corrected chi connectivity index (χ3v) is 9.43. The molecular weight excluding hydrogens is 707 g/mol. The van der Waals surface area contributed by atoms with Crippen molar-refractivity contribution in [3.63, 3.8) is 0 Å². The molecule has 7 aromatic rings. The Morgan fingerprint density at radius 2 is 1.50 bits per heavy atom. The van der Waals surface area contributed by atoms with Gasteiger partial charge in [-0.05, 0) is 104 Å². The molecule has 0 spiro atoms. The van der Waals surface area contributed by atoms with E-state index in [4.69, 9.17) is 14.8 Å². The third-order valence-electron chi connectivity index (χ3n) is 9.43. The van der Waals surface area contributed by atoms with Crippen LogP contribution in [0.1, 0.15) is 72.8 Å². The maximum atomic E-state index is 6.63. The van der Waals surface area contributed by atoms with E-state index < -0.39 is 0 Å². The predicted octanol–water partition coefficient (Wildman–Crippen LogP) is 11.3. The molecule has 6 heteroatoms. The van der Waals surface area contributed by atoms with Crippen molar-refractivity contribution in [2.45, 2.75) is 74.7 Å². The maximum absolute atomic E-state index is 6.63. The zero-order valence-corrected chi connectivity index (χ0v) is 31.9. The van der Waals surface area contributed by atoms with Crippen LogP contribution in [0.15, 0.2) is 79.0 Å². The Morgan fingerprint density at radius 1 is 0.760 bits per heavy atom. The summed E-state index contributed by atoms with van der Waals surface area (Å²) in [4.78, 5) is 4.82. The van der Waals surface area contributed by atoms with Gasteiger partial charge in [0, 0.05) is 34.5 Å². The van der Waals surface area contributed by atoms with Crippen molar-refractivity contribution in [3.8, 4) is 34.1 Å². The second-order valence-corrected chi connectivity index (χ2v) is 14.2. The summed E-state index contributed by atoms with van der Waals surface area (Å²) in [6, 6.07) is 32.9. The molecule has 4 aromatic carbocycles. The SMILES string of the molecule is Cc1cc(C)c(-c2c(C)nn(-c3[c-]c(Oc4[c-]c5c(cc4)c4ccccc4n5-c4cc(CC(C)C)ccn4)cc(C(C)C)c3)c2C)c(C)c1.[Pd+2]. The number of ether oxygens (including phenoxy) is 1. The number of aryl methyl sites for hydroxylation is 4. The molecule has 0 fully saturated rings. The van der Waals surface area contributed by atoms with Gasteiger partial charge in [-0.25, -0.2) is 4.98 Å². The smallest absolute Gasteiger partial charge is 0.509 e. The summed E-state index contributed by atoms with van der Waals surface area (Å²) in [7, 11) is 0. The second-order valence-electron chi connectivity index (χ2n) is 14.2. The minimum atomic E-state index is 0. The summed E-state index contributed by atoms with van der Waals surface area (Å²) in [5.74, 6) is 2.98. The van der Waals surface area contributed by atoms with Gasteiger partial charge in [-0.3, -0.25) is 4.68 Å². The van der Waals surface area contributed by atoms with E-state index in [1.165, 1.54) is 33.4 Å².